The Balaban J connectivity index is 1.79. The molecule has 0 radical (unpaired) electrons. The summed E-state index contributed by atoms with van der Waals surface area (Å²) in [6.07, 6.45) is 0. The summed E-state index contributed by atoms with van der Waals surface area (Å²) in [5.74, 6) is -2.52. The van der Waals surface area contributed by atoms with Crippen molar-refractivity contribution in [3.63, 3.8) is 0 Å². The molecule has 2 rings (SSSR count). The molecule has 0 saturated heterocycles. The average molecular weight is 471 g/mol. The van der Waals surface area contributed by atoms with E-state index in [2.05, 4.69) is 26.3 Å². The molecule has 0 aromatic heterocycles. The first-order chi connectivity index (χ1) is 16.2. The van der Waals surface area contributed by atoms with Crippen molar-refractivity contribution < 1.29 is 29.4 Å². The second-order valence-corrected chi connectivity index (χ2v) is 6.92. The molecule has 1 atom stereocenters. The van der Waals surface area contributed by atoms with Gasteiger partial charge in [-0.1, -0.05) is 18.2 Å². The molecule has 2 aromatic carbocycles. The molecule has 180 valence electrons. The Morgan fingerprint density at radius 2 is 1.71 bits per heavy atom. The largest absolute Gasteiger partial charge is 0.478 e. The van der Waals surface area contributed by atoms with Crippen LogP contribution < -0.4 is 32.7 Å². The summed E-state index contributed by atoms with van der Waals surface area (Å²) in [5, 5.41) is 27.9. The zero-order valence-electron chi connectivity index (χ0n) is 17.9. The van der Waals surface area contributed by atoms with Crippen LogP contribution in [-0.4, -0.2) is 59.2 Å². The minimum absolute atomic E-state index is 0.0371. The van der Waals surface area contributed by atoms with Gasteiger partial charge in [0.15, 0.2) is 5.96 Å². The topological polar surface area (TPSA) is 221 Å². The van der Waals surface area contributed by atoms with Crippen LogP contribution in [0.15, 0.2) is 53.5 Å². The van der Waals surface area contributed by atoms with Crippen molar-refractivity contribution in [2.45, 2.75) is 12.6 Å². The van der Waals surface area contributed by atoms with Crippen molar-refractivity contribution in [3.05, 3.63) is 59.7 Å². The zero-order chi connectivity index (χ0) is 25.1. The quantitative estimate of drug-likeness (QED) is 0.161. The van der Waals surface area contributed by atoms with E-state index in [1.165, 1.54) is 24.3 Å². The molecule has 0 aliphatic rings. The number of carbonyl (C=O) groups excluding carboxylic acids is 3. The summed E-state index contributed by atoms with van der Waals surface area (Å²) in [6.45, 7) is -0.917. The molecule has 4 amide bonds. The molecular formula is C21H25N7O6. The van der Waals surface area contributed by atoms with Crippen molar-refractivity contribution in [3.8, 4) is 0 Å². The first-order valence-corrected chi connectivity index (χ1v) is 9.92. The van der Waals surface area contributed by atoms with Crippen LogP contribution in [0.4, 0.5) is 16.2 Å². The van der Waals surface area contributed by atoms with Crippen LogP contribution in [0.25, 0.3) is 0 Å². The smallest absolute Gasteiger partial charge is 0.335 e. The lowest BCUT2D eigenvalue weighted by atomic mass is 10.2. The van der Waals surface area contributed by atoms with Gasteiger partial charge in [-0.25, -0.2) is 14.6 Å². The number of amides is 4. The average Bonchev–Trinajstić information content (AvgIpc) is 2.80. The van der Waals surface area contributed by atoms with Crippen molar-refractivity contribution in [1.82, 2.24) is 16.0 Å². The molecule has 0 spiro atoms. The maximum atomic E-state index is 12.2. The van der Waals surface area contributed by atoms with Crippen LogP contribution >= 0.6 is 0 Å². The molecule has 0 fully saturated rings. The lowest BCUT2D eigenvalue weighted by Crippen LogP contribution is -2.51. The molecule has 0 heterocycles. The van der Waals surface area contributed by atoms with E-state index >= 15 is 0 Å². The molecule has 0 aliphatic heterocycles. The van der Waals surface area contributed by atoms with Crippen molar-refractivity contribution >= 4 is 41.1 Å². The summed E-state index contributed by atoms with van der Waals surface area (Å²) in [5.41, 5.74) is 12.1. The Morgan fingerprint density at radius 1 is 1.00 bits per heavy atom. The first-order valence-electron chi connectivity index (χ1n) is 9.92. The Morgan fingerprint density at radius 3 is 2.32 bits per heavy atom. The fraction of sp³-hybridized carbons (Fsp3) is 0.190. The van der Waals surface area contributed by atoms with Gasteiger partial charge in [-0.2, -0.15) is 0 Å². The molecule has 0 bridgehead atoms. The van der Waals surface area contributed by atoms with Crippen LogP contribution in [0.1, 0.15) is 15.9 Å². The number of aliphatic hydroxyl groups excluding tert-OH is 1. The Kier molecular flexibility index (Phi) is 9.34. The third kappa shape index (κ3) is 8.47. The van der Waals surface area contributed by atoms with Crippen LogP contribution in [0, 0.1) is 0 Å². The lowest BCUT2D eigenvalue weighted by molar-refractivity contribution is -0.127. The number of guanidine groups is 1. The van der Waals surface area contributed by atoms with E-state index in [0.717, 1.165) is 5.56 Å². The predicted octanol–water partition coefficient (Wildman–Crippen LogP) is -0.795. The fourth-order valence-electron chi connectivity index (χ4n) is 2.64. The van der Waals surface area contributed by atoms with Gasteiger partial charge < -0.3 is 42.9 Å². The third-order valence-corrected chi connectivity index (χ3v) is 4.28. The van der Waals surface area contributed by atoms with Gasteiger partial charge in [0.1, 0.15) is 6.04 Å². The number of nitrogens with zero attached hydrogens (tertiary/aromatic N) is 1. The number of hydrogen-bond donors (Lipinski definition) is 8. The van der Waals surface area contributed by atoms with Gasteiger partial charge in [0.2, 0.25) is 11.8 Å². The van der Waals surface area contributed by atoms with Crippen molar-refractivity contribution in [2.75, 3.05) is 18.5 Å². The molecule has 0 saturated carbocycles. The van der Waals surface area contributed by atoms with Gasteiger partial charge in [0.05, 0.1) is 24.4 Å². The number of carbonyl (C=O) groups is 4. The monoisotopic (exact) mass is 471 g/mol. The van der Waals surface area contributed by atoms with Crippen molar-refractivity contribution in [2.24, 2.45) is 16.5 Å². The summed E-state index contributed by atoms with van der Waals surface area (Å²) in [6, 6.07) is 10.1. The molecule has 0 aliphatic carbocycles. The number of hydrogen-bond acceptors (Lipinski definition) is 6. The van der Waals surface area contributed by atoms with Gasteiger partial charge in [0, 0.05) is 12.2 Å². The van der Waals surface area contributed by atoms with E-state index in [0.29, 0.717) is 5.69 Å². The molecule has 34 heavy (non-hydrogen) atoms. The van der Waals surface area contributed by atoms with Gasteiger partial charge >= 0.3 is 12.0 Å². The van der Waals surface area contributed by atoms with Crippen LogP contribution in [0.5, 0.6) is 0 Å². The van der Waals surface area contributed by atoms with Crippen LogP contribution in [-0.2, 0) is 16.1 Å². The van der Waals surface area contributed by atoms with Gasteiger partial charge in [0.25, 0.3) is 0 Å². The predicted molar refractivity (Wildman–Crippen MR) is 123 cm³/mol. The number of anilines is 1. The zero-order valence-corrected chi connectivity index (χ0v) is 17.9. The van der Waals surface area contributed by atoms with E-state index in [9.17, 15) is 24.3 Å². The van der Waals surface area contributed by atoms with Gasteiger partial charge in [-0.15, -0.1) is 0 Å². The number of aliphatic imine (C=N–C) groups is 1. The fourth-order valence-corrected chi connectivity index (χ4v) is 2.64. The summed E-state index contributed by atoms with van der Waals surface area (Å²) < 4.78 is 0. The number of rotatable bonds is 10. The van der Waals surface area contributed by atoms with Crippen LogP contribution in [0.3, 0.4) is 0 Å². The molecular weight excluding hydrogens is 446 g/mol. The number of aromatic carboxylic acids is 1. The summed E-state index contributed by atoms with van der Waals surface area (Å²) in [7, 11) is 0. The maximum absolute atomic E-state index is 12.2. The third-order valence-electron chi connectivity index (χ3n) is 4.28. The second-order valence-electron chi connectivity index (χ2n) is 6.92. The summed E-state index contributed by atoms with van der Waals surface area (Å²) >= 11 is 0. The van der Waals surface area contributed by atoms with Gasteiger partial charge in [-0.05, 0) is 35.9 Å². The highest BCUT2D eigenvalue weighted by Gasteiger charge is 2.20. The number of benzene rings is 2. The van der Waals surface area contributed by atoms with E-state index in [4.69, 9.17) is 16.6 Å². The number of carboxylic acids is 1. The number of carboxylic acid groups (broad SMARTS) is 1. The number of aliphatic hydroxyl groups is 1. The molecule has 13 nitrogen and oxygen atoms in total. The minimum atomic E-state index is -1.33. The molecule has 10 N–H and O–H groups in total. The SMILES string of the molecule is NC(N)=Nc1ccc(CNC(=O)CNC(=O)C(CO)NC(=O)Nc2cccc(C(=O)O)c2)cc1. The Bertz CT molecular complexity index is 1070. The highest BCUT2D eigenvalue weighted by atomic mass is 16.4. The highest BCUT2D eigenvalue weighted by molar-refractivity contribution is 5.96. The number of urea groups is 1. The normalized spacial score (nSPS) is 11.0. The molecule has 2 aromatic rings. The minimum Gasteiger partial charge on any atom is -0.478 e. The van der Waals surface area contributed by atoms with Crippen LogP contribution in [0.2, 0.25) is 0 Å². The Labute approximate surface area is 194 Å². The maximum Gasteiger partial charge on any atom is 0.335 e. The first kappa shape index (κ1) is 25.6. The molecule has 13 heteroatoms. The van der Waals surface area contributed by atoms with E-state index in [1.807, 2.05) is 0 Å². The summed E-state index contributed by atoms with van der Waals surface area (Å²) in [4.78, 5) is 51.2. The van der Waals surface area contributed by atoms with E-state index in [1.54, 1.807) is 24.3 Å². The number of nitrogens with two attached hydrogens (primary N) is 2. The highest BCUT2D eigenvalue weighted by Crippen LogP contribution is 2.12. The number of nitrogens with one attached hydrogen (secondary N) is 4. The van der Waals surface area contributed by atoms with E-state index in [-0.39, 0.29) is 30.3 Å². The van der Waals surface area contributed by atoms with Crippen molar-refractivity contribution in [1.29, 1.82) is 0 Å². The second kappa shape index (κ2) is 12.4. The molecule has 1 unspecified atom stereocenters. The Hall–Kier alpha value is -4.65. The van der Waals surface area contributed by atoms with E-state index < -0.39 is 36.5 Å². The lowest BCUT2D eigenvalue weighted by Gasteiger charge is -2.17. The standard InChI is InChI=1S/C21H25N7O6/c22-20(23)26-14-6-4-12(5-7-14)9-24-17(30)10-25-18(31)16(11-29)28-21(34)27-15-3-1-2-13(8-15)19(32)33/h1-8,16,29H,9-11H2,(H,24,30)(H,25,31)(H,32,33)(H4,22,23,26)(H2,27,28,34). The van der Waals surface area contributed by atoms with Gasteiger partial charge in [-0.3, -0.25) is 9.59 Å².